The first kappa shape index (κ1) is 25.8. The number of nitrogens with zero attached hydrogens (tertiary/aromatic N) is 2. The molecule has 0 aliphatic rings. The minimum Gasteiger partial charge on any atom is -0.262 e. The summed E-state index contributed by atoms with van der Waals surface area (Å²) in [6, 6.07) is 19.7. The summed E-state index contributed by atoms with van der Waals surface area (Å²) < 4.78 is 1.35. The summed E-state index contributed by atoms with van der Waals surface area (Å²) in [7, 11) is 0. The largest absolute Gasteiger partial charge is 0.262 e. The zero-order valence-electron chi connectivity index (χ0n) is 14.8. The van der Waals surface area contributed by atoms with Crippen molar-refractivity contribution < 1.29 is 16.5 Å². The smallest absolute Gasteiger partial charge is 0.153 e. The van der Waals surface area contributed by atoms with E-state index in [-0.39, 0.29) is 16.5 Å². The van der Waals surface area contributed by atoms with Crippen LogP contribution in [0.4, 0.5) is 0 Å². The SMILES string of the molecule is CSC(=S)NN=Cc1ccccc1.CSC(=S)NN=Cc1ccccc1.[Ni]. The first-order valence-electron chi connectivity index (χ1n) is 7.50. The van der Waals surface area contributed by atoms with Gasteiger partial charge in [-0.05, 0) is 23.6 Å². The quantitative estimate of drug-likeness (QED) is 0.291. The average Bonchev–Trinajstić information content (AvgIpc) is 2.70. The number of rotatable bonds is 4. The summed E-state index contributed by atoms with van der Waals surface area (Å²) in [5, 5.41) is 7.95. The second-order valence-corrected chi connectivity index (χ2v) is 7.51. The van der Waals surface area contributed by atoms with Crippen molar-refractivity contribution in [2.75, 3.05) is 12.5 Å². The molecular formula is C18H20N4NiS4. The molecule has 2 N–H and O–H groups in total. The Kier molecular flexibility index (Phi) is 16.1. The Hall–Kier alpha value is -1.25. The molecule has 0 aliphatic carbocycles. The van der Waals surface area contributed by atoms with Crippen molar-refractivity contribution in [3.8, 4) is 0 Å². The molecule has 0 atom stereocenters. The minimum atomic E-state index is 0. The zero-order valence-corrected chi connectivity index (χ0v) is 19.0. The van der Waals surface area contributed by atoms with Crippen LogP contribution in [0.5, 0.6) is 0 Å². The molecular weight excluding hydrogens is 459 g/mol. The molecule has 2 aromatic carbocycles. The zero-order chi connectivity index (χ0) is 19.0. The maximum absolute atomic E-state index is 4.91. The van der Waals surface area contributed by atoms with E-state index in [0.29, 0.717) is 8.64 Å². The third-order valence-corrected chi connectivity index (χ3v) is 4.82. The van der Waals surface area contributed by atoms with Gasteiger partial charge in [-0.25, -0.2) is 0 Å². The monoisotopic (exact) mass is 478 g/mol. The molecule has 0 saturated heterocycles. The molecule has 27 heavy (non-hydrogen) atoms. The summed E-state index contributed by atoms with van der Waals surface area (Å²) in [6.45, 7) is 0. The van der Waals surface area contributed by atoms with Gasteiger partial charge in [-0.2, -0.15) is 10.2 Å². The number of nitrogens with one attached hydrogen (secondary N) is 2. The Morgan fingerprint density at radius 1 is 0.741 bits per heavy atom. The van der Waals surface area contributed by atoms with Crippen molar-refractivity contribution in [2.24, 2.45) is 10.2 Å². The van der Waals surface area contributed by atoms with E-state index in [4.69, 9.17) is 24.4 Å². The van der Waals surface area contributed by atoms with Crippen LogP contribution in [0.2, 0.25) is 0 Å². The van der Waals surface area contributed by atoms with Crippen LogP contribution in [-0.2, 0) is 16.5 Å². The van der Waals surface area contributed by atoms with Crippen molar-refractivity contribution >= 4 is 69.0 Å². The predicted molar refractivity (Wildman–Crippen MR) is 127 cm³/mol. The Morgan fingerprint density at radius 2 is 1.07 bits per heavy atom. The van der Waals surface area contributed by atoms with Gasteiger partial charge in [0, 0.05) is 16.5 Å². The fourth-order valence-corrected chi connectivity index (χ4v) is 1.88. The fraction of sp³-hybridized carbons (Fsp3) is 0.111. The summed E-state index contributed by atoms with van der Waals surface area (Å²) in [5.74, 6) is 0. The van der Waals surface area contributed by atoms with Crippen molar-refractivity contribution in [1.29, 1.82) is 0 Å². The van der Waals surface area contributed by atoms with E-state index in [2.05, 4.69) is 21.1 Å². The molecule has 0 aliphatic heterocycles. The molecule has 0 fully saturated rings. The molecule has 0 heterocycles. The number of thioether (sulfide) groups is 2. The van der Waals surface area contributed by atoms with E-state index < -0.39 is 0 Å². The molecule has 0 spiro atoms. The van der Waals surface area contributed by atoms with Gasteiger partial charge in [0.1, 0.15) is 0 Å². The molecule has 0 radical (unpaired) electrons. The maximum Gasteiger partial charge on any atom is 0.153 e. The first-order chi connectivity index (χ1) is 12.7. The third-order valence-electron chi connectivity index (χ3n) is 2.71. The van der Waals surface area contributed by atoms with Crippen molar-refractivity contribution in [3.63, 3.8) is 0 Å². The molecule has 2 aromatic rings. The Morgan fingerprint density at radius 3 is 1.37 bits per heavy atom. The van der Waals surface area contributed by atoms with E-state index in [0.717, 1.165) is 11.1 Å². The van der Waals surface area contributed by atoms with Crippen LogP contribution >= 0.6 is 48.0 Å². The fourth-order valence-electron chi connectivity index (χ4n) is 1.49. The normalized spacial score (nSPS) is 9.85. The maximum atomic E-state index is 4.91. The van der Waals surface area contributed by atoms with Gasteiger partial charge in [-0.15, -0.1) is 0 Å². The van der Waals surface area contributed by atoms with Crippen LogP contribution in [0.25, 0.3) is 0 Å². The van der Waals surface area contributed by atoms with Gasteiger partial charge in [-0.3, -0.25) is 10.9 Å². The molecule has 4 nitrogen and oxygen atoms in total. The molecule has 2 rings (SSSR count). The van der Waals surface area contributed by atoms with Crippen molar-refractivity contribution in [2.45, 2.75) is 0 Å². The van der Waals surface area contributed by atoms with Gasteiger partial charge in [0.25, 0.3) is 0 Å². The van der Waals surface area contributed by atoms with Crippen LogP contribution in [0.15, 0.2) is 70.9 Å². The number of hydrazone groups is 2. The topological polar surface area (TPSA) is 48.8 Å². The molecule has 0 bridgehead atoms. The number of hydrogen-bond acceptors (Lipinski definition) is 6. The third kappa shape index (κ3) is 13.6. The second kappa shape index (κ2) is 16.9. The second-order valence-electron chi connectivity index (χ2n) is 4.54. The van der Waals surface area contributed by atoms with Gasteiger partial charge in [0.05, 0.1) is 12.4 Å². The van der Waals surface area contributed by atoms with E-state index >= 15 is 0 Å². The summed E-state index contributed by atoms with van der Waals surface area (Å²) in [5.41, 5.74) is 7.60. The molecule has 0 aromatic heterocycles. The van der Waals surface area contributed by atoms with Crippen molar-refractivity contribution in [1.82, 2.24) is 10.9 Å². The van der Waals surface area contributed by atoms with Gasteiger partial charge in [0.15, 0.2) is 8.64 Å². The molecule has 0 amide bonds. The van der Waals surface area contributed by atoms with Crippen molar-refractivity contribution in [3.05, 3.63) is 71.8 Å². The van der Waals surface area contributed by atoms with Crippen LogP contribution < -0.4 is 10.9 Å². The number of thiocarbonyl (C=S) groups is 2. The molecule has 0 saturated carbocycles. The van der Waals surface area contributed by atoms with E-state index in [1.807, 2.05) is 73.2 Å². The van der Waals surface area contributed by atoms with E-state index in [9.17, 15) is 0 Å². The first-order valence-corrected chi connectivity index (χ1v) is 10.8. The van der Waals surface area contributed by atoms with E-state index in [1.54, 1.807) is 12.4 Å². The van der Waals surface area contributed by atoms with Gasteiger partial charge in [0.2, 0.25) is 0 Å². The van der Waals surface area contributed by atoms with Crippen LogP contribution in [0.3, 0.4) is 0 Å². The average molecular weight is 479 g/mol. The van der Waals surface area contributed by atoms with Crippen LogP contribution in [-0.4, -0.2) is 33.6 Å². The number of hydrogen-bond donors (Lipinski definition) is 2. The molecule has 9 heteroatoms. The standard InChI is InChI=1S/2C9H10N2S2.Ni/c2*1-13-9(12)11-10-7-8-5-3-2-4-6-8;/h2*2-7H,1H3,(H,11,12);. The summed E-state index contributed by atoms with van der Waals surface area (Å²) >= 11 is 12.8. The predicted octanol–water partition coefficient (Wildman–Crippen LogP) is 4.51. The Bertz CT molecular complexity index is 661. The minimum absolute atomic E-state index is 0. The summed E-state index contributed by atoms with van der Waals surface area (Å²) in [4.78, 5) is 0. The Labute approximate surface area is 190 Å². The van der Waals surface area contributed by atoms with Crippen LogP contribution in [0.1, 0.15) is 11.1 Å². The van der Waals surface area contributed by atoms with E-state index in [1.165, 1.54) is 23.5 Å². The van der Waals surface area contributed by atoms with Gasteiger partial charge in [-0.1, -0.05) is 109 Å². The van der Waals surface area contributed by atoms with Gasteiger partial charge >= 0.3 is 0 Å². The molecule has 146 valence electrons. The Balaban J connectivity index is 0.000000483. The molecule has 0 unspecified atom stereocenters. The van der Waals surface area contributed by atoms with Gasteiger partial charge < -0.3 is 0 Å². The van der Waals surface area contributed by atoms with Crippen LogP contribution in [0, 0.1) is 0 Å². The number of benzene rings is 2. The summed E-state index contributed by atoms with van der Waals surface area (Å²) in [6.07, 6.45) is 7.30.